The maximum atomic E-state index is 13.1. The summed E-state index contributed by atoms with van der Waals surface area (Å²) >= 11 is 0. The van der Waals surface area contributed by atoms with E-state index < -0.39 is 97.5 Å². The number of ether oxygens (including phenoxy) is 4. The molecule has 0 heterocycles. The molecule has 0 fully saturated rings. The Morgan fingerprint density at radius 3 is 0.755 bits per heavy atom. The van der Waals surface area contributed by atoms with E-state index in [1.165, 1.54) is 19.3 Å². The van der Waals surface area contributed by atoms with Gasteiger partial charge in [0.1, 0.15) is 19.3 Å². The van der Waals surface area contributed by atoms with Gasteiger partial charge < -0.3 is 33.8 Å². The van der Waals surface area contributed by atoms with Crippen LogP contribution in [0.15, 0.2) is 158 Å². The highest BCUT2D eigenvalue weighted by Crippen LogP contribution is 2.45. The summed E-state index contributed by atoms with van der Waals surface area (Å²) in [5, 5.41) is 10.7. The first-order valence-corrected chi connectivity index (χ1v) is 43.7. The fourth-order valence-corrected chi connectivity index (χ4v) is 11.9. The number of rotatable bonds is 75. The molecule has 0 aliphatic rings. The Balaban J connectivity index is 5.44. The van der Waals surface area contributed by atoms with Crippen molar-refractivity contribution in [2.75, 3.05) is 39.6 Å². The SMILES string of the molecule is CC/C=C\C/C=C\C/C=C\C/C=C\CCCCCCCCC(=O)OCC(COP(=O)(O)OCC(O)COP(=O)(O)OCC(COC(=O)CCCCCCC/C=C\C/C=C\C/C=C\CC)OC(=O)CCCCCCC/C=C\C/C=C\CCCCC)OC(=O)CCCCCC/C=C\C/C=C\C/C=C\C/C=C\CC. The molecule has 0 rings (SSSR count). The molecule has 5 unspecified atom stereocenters. The maximum Gasteiger partial charge on any atom is 0.472 e. The summed E-state index contributed by atoms with van der Waals surface area (Å²) in [6.45, 7) is 4.44. The second kappa shape index (κ2) is 77.8. The maximum absolute atomic E-state index is 13.1. The Hall–Kier alpha value is -5.32. The first-order valence-electron chi connectivity index (χ1n) is 40.7. The van der Waals surface area contributed by atoms with E-state index in [9.17, 15) is 43.2 Å². The number of aliphatic hydroxyl groups excluding tert-OH is 1. The summed E-state index contributed by atoms with van der Waals surface area (Å²) in [6.07, 6.45) is 90.7. The molecule has 0 saturated heterocycles. The number of hydrogen-bond acceptors (Lipinski definition) is 15. The third kappa shape index (κ3) is 76.9. The summed E-state index contributed by atoms with van der Waals surface area (Å²) in [7, 11) is -9.99. The molecule has 604 valence electrons. The van der Waals surface area contributed by atoms with Gasteiger partial charge in [0.25, 0.3) is 0 Å². The minimum absolute atomic E-state index is 0.0578. The average molecular weight is 1520 g/mol. The number of aliphatic hydroxyl groups is 1. The van der Waals surface area contributed by atoms with Crippen LogP contribution in [-0.2, 0) is 65.4 Å². The van der Waals surface area contributed by atoms with Crippen LogP contribution in [0.2, 0.25) is 0 Å². The minimum Gasteiger partial charge on any atom is -0.462 e. The van der Waals surface area contributed by atoms with E-state index >= 15 is 0 Å². The van der Waals surface area contributed by atoms with E-state index in [1.54, 1.807) is 0 Å². The van der Waals surface area contributed by atoms with E-state index in [2.05, 4.69) is 186 Å². The smallest absolute Gasteiger partial charge is 0.462 e. The van der Waals surface area contributed by atoms with Crippen molar-refractivity contribution in [3.05, 3.63) is 158 Å². The van der Waals surface area contributed by atoms with Gasteiger partial charge in [-0.2, -0.15) is 0 Å². The van der Waals surface area contributed by atoms with Gasteiger partial charge in [-0.25, -0.2) is 9.13 Å². The minimum atomic E-state index is -5.00. The zero-order valence-electron chi connectivity index (χ0n) is 66.1. The largest absolute Gasteiger partial charge is 0.472 e. The van der Waals surface area contributed by atoms with Gasteiger partial charge in [-0.3, -0.25) is 37.3 Å². The lowest BCUT2D eigenvalue weighted by molar-refractivity contribution is -0.161. The fraction of sp³-hybridized carbons (Fsp3) is 0.655. The Morgan fingerprint density at radius 2 is 0.491 bits per heavy atom. The molecule has 19 heteroatoms. The number of unbranched alkanes of at least 4 members (excludes halogenated alkanes) is 23. The van der Waals surface area contributed by atoms with Crippen LogP contribution >= 0.6 is 15.6 Å². The van der Waals surface area contributed by atoms with Crippen molar-refractivity contribution in [3.63, 3.8) is 0 Å². The third-order valence-electron chi connectivity index (χ3n) is 16.5. The van der Waals surface area contributed by atoms with Gasteiger partial charge >= 0.3 is 39.5 Å². The highest BCUT2D eigenvalue weighted by molar-refractivity contribution is 7.47. The second-order valence-corrected chi connectivity index (χ2v) is 29.5. The molecule has 0 radical (unpaired) electrons. The third-order valence-corrected chi connectivity index (χ3v) is 18.4. The van der Waals surface area contributed by atoms with Crippen molar-refractivity contribution in [2.24, 2.45) is 0 Å². The van der Waals surface area contributed by atoms with Crippen LogP contribution in [0.25, 0.3) is 0 Å². The molecule has 17 nitrogen and oxygen atoms in total. The molecule has 106 heavy (non-hydrogen) atoms. The summed E-state index contributed by atoms with van der Waals surface area (Å²) in [6, 6.07) is 0. The van der Waals surface area contributed by atoms with Crippen molar-refractivity contribution in [1.29, 1.82) is 0 Å². The Labute approximate surface area is 642 Å². The molecule has 0 amide bonds. The Bertz CT molecular complexity index is 2630. The van der Waals surface area contributed by atoms with Gasteiger partial charge in [-0.15, -0.1) is 0 Å². The number of carbonyl (C=O) groups excluding carboxylic acids is 4. The molecule has 5 atom stereocenters. The second-order valence-electron chi connectivity index (χ2n) is 26.6. The summed E-state index contributed by atoms with van der Waals surface area (Å²) < 4.78 is 68.7. The van der Waals surface area contributed by atoms with Crippen LogP contribution in [0.1, 0.15) is 310 Å². The number of hydrogen-bond donors (Lipinski definition) is 3. The van der Waals surface area contributed by atoms with Gasteiger partial charge in [0.15, 0.2) is 12.2 Å². The highest BCUT2D eigenvalue weighted by atomic mass is 31.2. The average Bonchev–Trinajstić information content (AvgIpc) is 0.902. The molecule has 0 aromatic rings. The Morgan fingerprint density at radius 1 is 0.274 bits per heavy atom. The molecule has 0 aliphatic carbocycles. The lowest BCUT2D eigenvalue weighted by Crippen LogP contribution is -2.30. The van der Waals surface area contributed by atoms with E-state index in [0.717, 1.165) is 212 Å². The van der Waals surface area contributed by atoms with Gasteiger partial charge in [0.05, 0.1) is 26.4 Å². The predicted octanol–water partition coefficient (Wildman–Crippen LogP) is 24.0. The number of phosphoric acid groups is 2. The molecule has 0 aliphatic heterocycles. The van der Waals surface area contributed by atoms with Crippen LogP contribution in [0, 0.1) is 0 Å². The first kappa shape index (κ1) is 101. The molecule has 0 aromatic carbocycles. The topological polar surface area (TPSA) is 237 Å². The highest BCUT2D eigenvalue weighted by Gasteiger charge is 2.30. The van der Waals surface area contributed by atoms with Crippen molar-refractivity contribution in [2.45, 2.75) is 329 Å². The lowest BCUT2D eigenvalue weighted by Gasteiger charge is -2.21. The Kier molecular flexibility index (Phi) is 73.9. The van der Waals surface area contributed by atoms with Crippen LogP contribution in [0.3, 0.4) is 0 Å². The van der Waals surface area contributed by atoms with E-state index in [0.29, 0.717) is 25.7 Å². The predicted molar refractivity (Wildman–Crippen MR) is 436 cm³/mol. The molecule has 0 saturated carbocycles. The zero-order chi connectivity index (χ0) is 77.4. The van der Waals surface area contributed by atoms with Crippen LogP contribution < -0.4 is 0 Å². The number of carbonyl (C=O) groups is 4. The van der Waals surface area contributed by atoms with Gasteiger partial charge in [-0.1, -0.05) is 276 Å². The number of allylic oxidation sites excluding steroid dienone is 26. The standard InChI is InChI=1S/C87H144O17P2/c1-5-9-13-17-21-25-29-33-37-39-40-42-45-48-52-56-60-64-68-72-85(90)98-78-83(104-87(92)74-70-66-62-58-54-50-46-41-38-34-30-26-22-18-14-10-6-2)80-102-106(95,96)100-76-81(88)75-99-105(93,94)101-79-82(103-86(91)73-69-65-61-57-53-49-44-36-32-28-24-20-16-12-8-4)77-97-84(89)71-67-63-59-55-51-47-43-35-31-27-23-19-15-11-7-3/h9-11,13-15,21-28,33-38,40,42-44,46,50,81-83,88H,5-8,12,16-20,29-32,39,41,45,47-49,51-80H2,1-4H3,(H,93,94)(H,95,96)/b13-9-,14-10-,15-11-,25-21-,26-22-,27-23-,28-24-,37-33-,38-34-,42-40-,43-35-,44-36-,50-46-. The summed E-state index contributed by atoms with van der Waals surface area (Å²) in [4.78, 5) is 73.1. The van der Waals surface area contributed by atoms with Crippen LogP contribution in [-0.4, -0.2) is 96.7 Å². The van der Waals surface area contributed by atoms with Crippen LogP contribution in [0.5, 0.6) is 0 Å². The molecular formula is C87H144O17P2. The molecule has 0 spiro atoms. The monoisotopic (exact) mass is 1520 g/mol. The van der Waals surface area contributed by atoms with E-state index in [4.69, 9.17) is 37.0 Å². The normalized spacial score (nSPS) is 14.7. The van der Waals surface area contributed by atoms with E-state index in [1.807, 2.05) is 0 Å². The van der Waals surface area contributed by atoms with Crippen molar-refractivity contribution >= 4 is 39.5 Å². The van der Waals surface area contributed by atoms with Gasteiger partial charge in [-0.05, 0) is 167 Å². The lowest BCUT2D eigenvalue weighted by atomic mass is 10.1. The first-order chi connectivity index (χ1) is 51.7. The number of phosphoric ester groups is 2. The number of esters is 4. The van der Waals surface area contributed by atoms with Gasteiger partial charge in [0.2, 0.25) is 0 Å². The molecule has 0 aromatic heterocycles. The quantitative estimate of drug-likeness (QED) is 0.0169. The van der Waals surface area contributed by atoms with E-state index in [-0.39, 0.29) is 25.7 Å². The van der Waals surface area contributed by atoms with Crippen LogP contribution in [0.4, 0.5) is 0 Å². The summed E-state index contributed by atoms with van der Waals surface area (Å²) in [5.41, 5.74) is 0. The van der Waals surface area contributed by atoms with Crippen molar-refractivity contribution in [3.8, 4) is 0 Å². The fourth-order valence-electron chi connectivity index (χ4n) is 10.4. The molecular weight excluding hydrogens is 1380 g/mol. The van der Waals surface area contributed by atoms with Crippen molar-refractivity contribution in [1.82, 2.24) is 0 Å². The zero-order valence-corrected chi connectivity index (χ0v) is 67.8. The summed E-state index contributed by atoms with van der Waals surface area (Å²) in [5.74, 6) is -2.26. The van der Waals surface area contributed by atoms with Gasteiger partial charge in [0, 0.05) is 25.7 Å². The molecule has 0 bridgehead atoms. The van der Waals surface area contributed by atoms with Crippen molar-refractivity contribution < 1.29 is 80.2 Å². The molecule has 3 N–H and O–H groups in total.